The molecule has 2 bridgehead atoms. The molecule has 0 spiro atoms. The summed E-state index contributed by atoms with van der Waals surface area (Å²) < 4.78 is 1.19. The van der Waals surface area contributed by atoms with Crippen LogP contribution in [0.5, 0.6) is 0 Å². The molecule has 2 nitrogen and oxygen atoms in total. The van der Waals surface area contributed by atoms with Gasteiger partial charge in [0.05, 0.1) is 0 Å². The van der Waals surface area contributed by atoms with Crippen LogP contribution in [-0.2, 0) is 0 Å². The number of hydrogen-bond acceptors (Lipinski definition) is 2. The predicted molar refractivity (Wildman–Crippen MR) is 84.7 cm³/mol. The maximum Gasteiger partial charge on any atom is 0.0428 e. The molecule has 1 N–H and O–H groups in total. The number of rotatable bonds is 4. The first kappa shape index (κ1) is 13.4. The van der Waals surface area contributed by atoms with Gasteiger partial charge in [0.25, 0.3) is 0 Å². The molecule has 1 aromatic rings. The minimum Gasteiger partial charge on any atom is -0.368 e. The summed E-state index contributed by atoms with van der Waals surface area (Å²) in [4.78, 5) is 2.65. The van der Waals surface area contributed by atoms with Crippen molar-refractivity contribution in [2.75, 3.05) is 18.0 Å². The average Bonchev–Trinajstić information content (AvgIpc) is 3.01. The minimum absolute atomic E-state index is 0.423. The highest BCUT2D eigenvalue weighted by Crippen LogP contribution is 2.42. The molecule has 19 heavy (non-hydrogen) atoms. The molecular weight excluding hydrogens is 300 g/mol. The first-order chi connectivity index (χ1) is 9.19. The third kappa shape index (κ3) is 2.55. The van der Waals surface area contributed by atoms with Gasteiger partial charge in [-0.2, -0.15) is 0 Å². The quantitative estimate of drug-likeness (QED) is 0.897. The highest BCUT2D eigenvalue weighted by molar-refractivity contribution is 9.10. The maximum atomic E-state index is 3.64. The number of nitrogens with one attached hydrogen (secondary N) is 1. The summed E-state index contributed by atoms with van der Waals surface area (Å²) in [7, 11) is 0. The lowest BCUT2D eigenvalue weighted by atomic mass is 10.0. The van der Waals surface area contributed by atoms with E-state index >= 15 is 0 Å². The van der Waals surface area contributed by atoms with Crippen molar-refractivity contribution in [1.82, 2.24) is 5.32 Å². The Morgan fingerprint density at radius 1 is 1.42 bits per heavy atom. The Labute approximate surface area is 124 Å². The van der Waals surface area contributed by atoms with Crippen molar-refractivity contribution in [3.63, 3.8) is 0 Å². The summed E-state index contributed by atoms with van der Waals surface area (Å²) in [5.74, 6) is 0.936. The second kappa shape index (κ2) is 5.45. The Balaban J connectivity index is 1.92. The van der Waals surface area contributed by atoms with Crippen LogP contribution in [0, 0.1) is 5.92 Å². The fourth-order valence-electron chi connectivity index (χ4n) is 3.77. The maximum absolute atomic E-state index is 3.64. The Morgan fingerprint density at radius 3 is 2.89 bits per heavy atom. The number of nitrogens with zero attached hydrogens (tertiary/aromatic N) is 1. The van der Waals surface area contributed by atoms with Gasteiger partial charge in [-0.25, -0.2) is 0 Å². The van der Waals surface area contributed by atoms with E-state index in [1.807, 2.05) is 0 Å². The third-order valence-electron chi connectivity index (χ3n) is 4.69. The normalized spacial score (nSPS) is 27.0. The first-order valence-corrected chi connectivity index (χ1v) is 8.27. The van der Waals surface area contributed by atoms with E-state index in [4.69, 9.17) is 0 Å². The van der Waals surface area contributed by atoms with Crippen molar-refractivity contribution in [1.29, 1.82) is 0 Å². The molecule has 1 saturated carbocycles. The summed E-state index contributed by atoms with van der Waals surface area (Å²) in [6, 6.07) is 7.96. The fraction of sp³-hybridized carbons (Fsp3) is 0.625. The smallest absolute Gasteiger partial charge is 0.0428 e. The number of hydrogen-bond donors (Lipinski definition) is 1. The second-order valence-corrected chi connectivity index (χ2v) is 6.88. The average molecular weight is 323 g/mol. The van der Waals surface area contributed by atoms with E-state index in [1.54, 1.807) is 0 Å². The van der Waals surface area contributed by atoms with Crippen LogP contribution < -0.4 is 10.2 Å². The monoisotopic (exact) mass is 322 g/mol. The molecular formula is C16H23BrN2. The van der Waals surface area contributed by atoms with Gasteiger partial charge in [0.1, 0.15) is 0 Å². The number of anilines is 1. The van der Waals surface area contributed by atoms with Gasteiger partial charge in [0, 0.05) is 28.8 Å². The van der Waals surface area contributed by atoms with Gasteiger partial charge < -0.3 is 10.2 Å². The molecule has 3 atom stereocenters. The lowest BCUT2D eigenvalue weighted by molar-refractivity contribution is 0.546. The zero-order valence-electron chi connectivity index (χ0n) is 11.8. The van der Waals surface area contributed by atoms with E-state index in [2.05, 4.69) is 58.2 Å². The fourth-order valence-corrected chi connectivity index (χ4v) is 4.12. The Kier molecular flexibility index (Phi) is 3.86. The van der Waals surface area contributed by atoms with Crippen LogP contribution in [0.4, 0.5) is 5.69 Å². The van der Waals surface area contributed by atoms with Gasteiger partial charge in [-0.1, -0.05) is 28.9 Å². The van der Waals surface area contributed by atoms with Crippen LogP contribution in [0.15, 0.2) is 22.7 Å². The lowest BCUT2D eigenvalue weighted by Crippen LogP contribution is -2.33. The molecule has 0 aromatic heterocycles. The van der Waals surface area contributed by atoms with Crippen LogP contribution >= 0.6 is 15.9 Å². The van der Waals surface area contributed by atoms with Crippen molar-refractivity contribution in [3.05, 3.63) is 28.2 Å². The molecule has 3 heteroatoms. The molecule has 2 aliphatic rings. The van der Waals surface area contributed by atoms with Crippen molar-refractivity contribution in [2.24, 2.45) is 5.92 Å². The van der Waals surface area contributed by atoms with Gasteiger partial charge in [-0.05, 0) is 56.3 Å². The van der Waals surface area contributed by atoms with Gasteiger partial charge in [-0.15, -0.1) is 0 Å². The van der Waals surface area contributed by atoms with E-state index in [-0.39, 0.29) is 0 Å². The molecule has 0 radical (unpaired) electrons. The van der Waals surface area contributed by atoms with Crippen molar-refractivity contribution >= 4 is 21.6 Å². The van der Waals surface area contributed by atoms with Crippen molar-refractivity contribution < 1.29 is 0 Å². The van der Waals surface area contributed by atoms with Gasteiger partial charge in [0.2, 0.25) is 0 Å². The van der Waals surface area contributed by atoms with Crippen LogP contribution in [0.3, 0.4) is 0 Å². The molecule has 3 rings (SSSR count). The molecule has 104 valence electrons. The van der Waals surface area contributed by atoms with Gasteiger partial charge >= 0.3 is 0 Å². The molecule has 1 aromatic carbocycles. The molecule has 1 aliphatic carbocycles. The molecule has 0 amide bonds. The van der Waals surface area contributed by atoms with Gasteiger partial charge in [0.15, 0.2) is 0 Å². The third-order valence-corrected chi connectivity index (χ3v) is 5.18. The number of fused-ring (bicyclic) bond motifs is 2. The molecule has 1 aliphatic heterocycles. The van der Waals surface area contributed by atoms with Crippen LogP contribution in [0.1, 0.15) is 44.7 Å². The predicted octanol–water partition coefficient (Wildman–Crippen LogP) is 4.11. The molecule has 2 fully saturated rings. The SMILES string of the molecule is CCNC(C)c1ccc(Br)cc1N1CC2CCC1C2. The molecule has 1 heterocycles. The standard InChI is InChI=1S/C16H23BrN2/c1-3-18-11(2)15-7-5-13(17)9-16(15)19-10-12-4-6-14(19)8-12/h5,7,9,11-12,14,18H,3-4,6,8,10H2,1-2H3. The lowest BCUT2D eigenvalue weighted by Gasteiger charge is -2.32. The topological polar surface area (TPSA) is 15.3 Å². The van der Waals surface area contributed by atoms with E-state index < -0.39 is 0 Å². The summed E-state index contributed by atoms with van der Waals surface area (Å²) in [6.07, 6.45) is 4.22. The van der Waals surface area contributed by atoms with E-state index in [0.29, 0.717) is 6.04 Å². The number of benzene rings is 1. The summed E-state index contributed by atoms with van der Waals surface area (Å²) in [5, 5.41) is 3.55. The Morgan fingerprint density at radius 2 is 2.26 bits per heavy atom. The summed E-state index contributed by atoms with van der Waals surface area (Å²) in [5.41, 5.74) is 2.88. The van der Waals surface area contributed by atoms with E-state index in [0.717, 1.165) is 18.5 Å². The highest BCUT2D eigenvalue weighted by atomic mass is 79.9. The number of piperidine rings is 1. The summed E-state index contributed by atoms with van der Waals surface area (Å²) >= 11 is 3.64. The minimum atomic E-state index is 0.423. The van der Waals surface area contributed by atoms with Crippen LogP contribution in [-0.4, -0.2) is 19.1 Å². The molecule has 1 saturated heterocycles. The second-order valence-electron chi connectivity index (χ2n) is 5.97. The van der Waals surface area contributed by atoms with Crippen LogP contribution in [0.25, 0.3) is 0 Å². The zero-order valence-corrected chi connectivity index (χ0v) is 13.4. The van der Waals surface area contributed by atoms with Crippen LogP contribution in [0.2, 0.25) is 0 Å². The van der Waals surface area contributed by atoms with E-state index in [9.17, 15) is 0 Å². The van der Waals surface area contributed by atoms with E-state index in [1.165, 1.54) is 41.5 Å². The van der Waals surface area contributed by atoms with Gasteiger partial charge in [-0.3, -0.25) is 0 Å². The zero-order chi connectivity index (χ0) is 13.4. The number of halogens is 1. The Hall–Kier alpha value is -0.540. The molecule has 3 unspecified atom stereocenters. The van der Waals surface area contributed by atoms with Crippen molar-refractivity contribution in [2.45, 2.75) is 45.2 Å². The Bertz CT molecular complexity index is 460. The summed E-state index contributed by atoms with van der Waals surface area (Å²) in [6.45, 7) is 6.72. The highest BCUT2D eigenvalue weighted by Gasteiger charge is 2.38. The first-order valence-electron chi connectivity index (χ1n) is 7.48. The van der Waals surface area contributed by atoms with Crippen molar-refractivity contribution in [3.8, 4) is 0 Å². The largest absolute Gasteiger partial charge is 0.368 e.